The van der Waals surface area contributed by atoms with E-state index >= 15 is 0 Å². The van der Waals surface area contributed by atoms with Crippen molar-refractivity contribution in [3.63, 3.8) is 0 Å². The summed E-state index contributed by atoms with van der Waals surface area (Å²) in [5.74, 6) is 1.33. The van der Waals surface area contributed by atoms with Gasteiger partial charge in [-0.1, -0.05) is 24.3 Å². The molecule has 7 nitrogen and oxygen atoms in total. The van der Waals surface area contributed by atoms with Crippen LogP contribution in [0.25, 0.3) is 11.3 Å². The van der Waals surface area contributed by atoms with E-state index in [0.29, 0.717) is 19.3 Å². The molecule has 0 atom stereocenters. The minimum Gasteiger partial charge on any atom is -0.339 e. The van der Waals surface area contributed by atoms with Gasteiger partial charge in [-0.25, -0.2) is 4.98 Å². The molecule has 4 rings (SSSR count). The molecule has 3 heterocycles. The van der Waals surface area contributed by atoms with Gasteiger partial charge in [-0.05, 0) is 26.3 Å². The van der Waals surface area contributed by atoms with Crippen molar-refractivity contribution in [2.24, 2.45) is 0 Å². The molecule has 1 fully saturated rings. The number of piperazine rings is 1. The van der Waals surface area contributed by atoms with Crippen LogP contribution >= 0.6 is 0 Å². The van der Waals surface area contributed by atoms with Gasteiger partial charge in [-0.3, -0.25) is 14.6 Å². The molecule has 2 aromatic rings. The number of aromatic nitrogens is 2. The van der Waals surface area contributed by atoms with Crippen molar-refractivity contribution < 1.29 is 4.79 Å². The first-order valence-corrected chi connectivity index (χ1v) is 10.9. The molecule has 1 aromatic carbocycles. The summed E-state index contributed by atoms with van der Waals surface area (Å²) in [6.45, 7) is 12.2. The van der Waals surface area contributed by atoms with Crippen LogP contribution in [0.3, 0.4) is 0 Å². The van der Waals surface area contributed by atoms with Crippen LogP contribution in [0.4, 0.5) is 0 Å². The van der Waals surface area contributed by atoms with Crippen LogP contribution in [-0.4, -0.2) is 81.7 Å². The lowest BCUT2D eigenvalue weighted by atomic mass is 10.1. The Balaban J connectivity index is 1.40. The first-order chi connectivity index (χ1) is 14.5. The number of carbonyl (C=O) groups is 1. The first-order valence-electron chi connectivity index (χ1n) is 10.9. The molecular weight excluding hydrogens is 376 g/mol. The van der Waals surface area contributed by atoms with Crippen molar-refractivity contribution in [2.75, 3.05) is 39.3 Å². The Morgan fingerprint density at radius 2 is 1.83 bits per heavy atom. The standard InChI is InChI=1S/C23H32N6O/c1-17(2)27-10-12-28(13-11-27)22(30)15-26-9-8-21-25-23(18(3)29(21)16-26)20-6-4-19(14-24)5-7-20/h4-7,14,17,24H,8-13,15-16H2,1-3H3. The van der Waals surface area contributed by atoms with Crippen molar-refractivity contribution in [2.45, 2.75) is 39.9 Å². The van der Waals surface area contributed by atoms with Crippen LogP contribution in [0.1, 0.15) is 30.9 Å². The normalized spacial score (nSPS) is 17.9. The highest BCUT2D eigenvalue weighted by Gasteiger charge is 2.27. The van der Waals surface area contributed by atoms with Crippen LogP contribution in [-0.2, 0) is 17.9 Å². The fourth-order valence-corrected chi connectivity index (χ4v) is 4.42. The van der Waals surface area contributed by atoms with Gasteiger partial charge >= 0.3 is 0 Å². The van der Waals surface area contributed by atoms with E-state index in [1.807, 2.05) is 29.2 Å². The van der Waals surface area contributed by atoms with Gasteiger partial charge in [0.25, 0.3) is 0 Å². The molecule has 1 aromatic heterocycles. The molecule has 0 unspecified atom stereocenters. The second-order valence-electron chi connectivity index (χ2n) is 8.61. The average molecular weight is 409 g/mol. The Kier molecular flexibility index (Phi) is 6.01. The molecule has 0 radical (unpaired) electrons. The highest BCUT2D eigenvalue weighted by atomic mass is 16.2. The number of fused-ring (bicyclic) bond motifs is 1. The van der Waals surface area contributed by atoms with E-state index in [4.69, 9.17) is 10.4 Å². The summed E-state index contributed by atoms with van der Waals surface area (Å²) in [6, 6.07) is 8.50. The summed E-state index contributed by atoms with van der Waals surface area (Å²) in [5.41, 5.74) is 4.10. The number of nitrogens with one attached hydrogen (secondary N) is 1. The van der Waals surface area contributed by atoms with Crippen LogP contribution < -0.4 is 0 Å². The quantitative estimate of drug-likeness (QED) is 0.771. The largest absolute Gasteiger partial charge is 0.339 e. The van der Waals surface area contributed by atoms with Gasteiger partial charge in [0.2, 0.25) is 5.91 Å². The van der Waals surface area contributed by atoms with Crippen molar-refractivity contribution in [3.8, 4) is 11.3 Å². The monoisotopic (exact) mass is 408 g/mol. The number of benzene rings is 1. The lowest BCUT2D eigenvalue weighted by Gasteiger charge is -2.38. The second kappa shape index (κ2) is 8.70. The van der Waals surface area contributed by atoms with Gasteiger partial charge in [-0.15, -0.1) is 0 Å². The van der Waals surface area contributed by atoms with Crippen LogP contribution in [0, 0.1) is 12.3 Å². The van der Waals surface area contributed by atoms with E-state index < -0.39 is 0 Å². The van der Waals surface area contributed by atoms with Crippen molar-refractivity contribution in [1.82, 2.24) is 24.3 Å². The van der Waals surface area contributed by atoms with Gasteiger partial charge in [0.1, 0.15) is 5.82 Å². The minimum absolute atomic E-state index is 0.238. The Morgan fingerprint density at radius 3 is 2.47 bits per heavy atom. The van der Waals surface area contributed by atoms with Crippen LogP contribution in [0.15, 0.2) is 24.3 Å². The van der Waals surface area contributed by atoms with Crippen LogP contribution in [0.5, 0.6) is 0 Å². The maximum Gasteiger partial charge on any atom is 0.236 e. The van der Waals surface area contributed by atoms with Gasteiger partial charge in [0.05, 0.1) is 18.9 Å². The maximum absolute atomic E-state index is 12.8. The molecule has 2 aliphatic rings. The first kappa shape index (κ1) is 20.8. The fourth-order valence-electron chi connectivity index (χ4n) is 4.42. The molecule has 0 saturated carbocycles. The highest BCUT2D eigenvalue weighted by Crippen LogP contribution is 2.26. The Morgan fingerprint density at radius 1 is 1.13 bits per heavy atom. The molecule has 2 aliphatic heterocycles. The zero-order valence-corrected chi connectivity index (χ0v) is 18.3. The fraction of sp³-hybridized carbons (Fsp3) is 0.522. The van der Waals surface area contributed by atoms with Crippen molar-refractivity contribution in [3.05, 3.63) is 41.3 Å². The van der Waals surface area contributed by atoms with Crippen LogP contribution in [0.2, 0.25) is 0 Å². The zero-order valence-electron chi connectivity index (χ0n) is 18.3. The van der Waals surface area contributed by atoms with E-state index in [1.54, 1.807) is 0 Å². The summed E-state index contributed by atoms with van der Waals surface area (Å²) >= 11 is 0. The van der Waals surface area contributed by atoms with E-state index in [2.05, 4.69) is 35.1 Å². The molecule has 0 aliphatic carbocycles. The van der Waals surface area contributed by atoms with Gasteiger partial charge < -0.3 is 14.9 Å². The molecule has 30 heavy (non-hydrogen) atoms. The van der Waals surface area contributed by atoms with Crippen molar-refractivity contribution >= 4 is 12.1 Å². The maximum atomic E-state index is 12.8. The number of nitrogens with zero attached hydrogens (tertiary/aromatic N) is 5. The number of hydrogen-bond acceptors (Lipinski definition) is 5. The molecule has 1 N–H and O–H groups in total. The Bertz CT molecular complexity index is 909. The second-order valence-corrected chi connectivity index (χ2v) is 8.61. The predicted molar refractivity (Wildman–Crippen MR) is 119 cm³/mol. The molecule has 1 amide bonds. The SMILES string of the molecule is Cc1c(-c2ccc(C=N)cc2)nc2n1CN(CC(=O)N1CCN(C(C)C)CC1)CC2. The average Bonchev–Trinajstić information content (AvgIpc) is 3.10. The van der Waals surface area contributed by atoms with Gasteiger partial charge in [0, 0.05) is 62.7 Å². The lowest BCUT2D eigenvalue weighted by molar-refractivity contribution is -0.135. The molecule has 160 valence electrons. The molecule has 7 heteroatoms. The topological polar surface area (TPSA) is 68.5 Å². The third-order valence-corrected chi connectivity index (χ3v) is 6.40. The Labute approximate surface area is 178 Å². The van der Waals surface area contributed by atoms with Gasteiger partial charge in [-0.2, -0.15) is 0 Å². The molecule has 1 saturated heterocycles. The summed E-state index contributed by atoms with van der Waals surface area (Å²) in [7, 11) is 0. The third kappa shape index (κ3) is 4.18. The number of carbonyl (C=O) groups excluding carboxylic acids is 1. The summed E-state index contributed by atoms with van der Waals surface area (Å²) in [4.78, 5) is 24.4. The zero-order chi connectivity index (χ0) is 21.3. The number of rotatable bonds is 5. The minimum atomic E-state index is 0.238. The molecular formula is C23H32N6O. The number of imidazole rings is 1. The van der Waals surface area contributed by atoms with Crippen molar-refractivity contribution in [1.29, 1.82) is 5.41 Å². The Hall–Kier alpha value is -2.51. The summed E-state index contributed by atoms with van der Waals surface area (Å²) in [5, 5.41) is 7.36. The number of amides is 1. The summed E-state index contributed by atoms with van der Waals surface area (Å²) in [6.07, 6.45) is 2.21. The third-order valence-electron chi connectivity index (χ3n) is 6.40. The van der Waals surface area contributed by atoms with E-state index in [1.165, 1.54) is 6.21 Å². The molecule has 0 spiro atoms. The smallest absolute Gasteiger partial charge is 0.236 e. The van der Waals surface area contributed by atoms with E-state index in [0.717, 1.165) is 67.5 Å². The predicted octanol–water partition coefficient (Wildman–Crippen LogP) is 2.22. The lowest BCUT2D eigenvalue weighted by Crippen LogP contribution is -2.53. The van der Waals surface area contributed by atoms with E-state index in [9.17, 15) is 4.79 Å². The molecule has 0 bridgehead atoms. The van der Waals surface area contributed by atoms with Gasteiger partial charge in [0.15, 0.2) is 0 Å². The number of hydrogen-bond donors (Lipinski definition) is 1. The highest BCUT2D eigenvalue weighted by molar-refractivity contribution is 5.79. The summed E-state index contributed by atoms with van der Waals surface area (Å²) < 4.78 is 2.24. The van der Waals surface area contributed by atoms with E-state index in [-0.39, 0.29) is 5.91 Å².